The van der Waals surface area contributed by atoms with Crippen molar-refractivity contribution in [2.75, 3.05) is 6.54 Å². The Morgan fingerprint density at radius 2 is 1.84 bits per heavy atom. The third-order valence-electron chi connectivity index (χ3n) is 5.26. The summed E-state index contributed by atoms with van der Waals surface area (Å²) in [5, 5.41) is 13.8. The average Bonchev–Trinajstić information content (AvgIpc) is 2.48. The molecule has 1 aromatic carbocycles. The third kappa shape index (κ3) is 2.70. The molecule has 19 heavy (non-hydrogen) atoms. The molecular weight excluding hydrogens is 234 g/mol. The lowest BCUT2D eigenvalue weighted by atomic mass is 9.57. The molecule has 0 amide bonds. The van der Waals surface area contributed by atoms with Gasteiger partial charge in [-0.2, -0.15) is 0 Å². The molecule has 0 bridgehead atoms. The summed E-state index contributed by atoms with van der Waals surface area (Å²) in [6.07, 6.45) is 9.33. The van der Waals surface area contributed by atoms with Gasteiger partial charge in [-0.15, -0.1) is 0 Å². The summed E-state index contributed by atoms with van der Waals surface area (Å²) in [5.74, 6) is 0. The van der Waals surface area contributed by atoms with Gasteiger partial charge >= 0.3 is 0 Å². The molecule has 2 atom stereocenters. The SMILES string of the molecule is OC(CNC1CCC12CCCCC2)c1ccccc1. The first kappa shape index (κ1) is 13.1. The van der Waals surface area contributed by atoms with E-state index in [1.54, 1.807) is 0 Å². The maximum Gasteiger partial charge on any atom is 0.0914 e. The number of hydrogen-bond acceptors (Lipinski definition) is 2. The zero-order chi connectivity index (χ0) is 13.1. The van der Waals surface area contributed by atoms with Crippen molar-refractivity contribution in [2.24, 2.45) is 5.41 Å². The van der Waals surface area contributed by atoms with Crippen molar-refractivity contribution in [1.82, 2.24) is 5.32 Å². The molecule has 0 heterocycles. The smallest absolute Gasteiger partial charge is 0.0914 e. The molecule has 2 aliphatic carbocycles. The third-order valence-corrected chi connectivity index (χ3v) is 5.26. The molecule has 2 N–H and O–H groups in total. The maximum atomic E-state index is 10.2. The highest BCUT2D eigenvalue weighted by atomic mass is 16.3. The van der Waals surface area contributed by atoms with Crippen LogP contribution in [0.2, 0.25) is 0 Å². The minimum atomic E-state index is -0.373. The van der Waals surface area contributed by atoms with E-state index in [-0.39, 0.29) is 6.10 Å². The van der Waals surface area contributed by atoms with E-state index in [4.69, 9.17) is 0 Å². The van der Waals surface area contributed by atoms with E-state index in [9.17, 15) is 5.11 Å². The molecule has 2 aliphatic rings. The van der Waals surface area contributed by atoms with Crippen LogP contribution in [-0.4, -0.2) is 17.7 Å². The molecule has 2 heteroatoms. The van der Waals surface area contributed by atoms with Crippen molar-refractivity contribution >= 4 is 0 Å². The molecule has 104 valence electrons. The standard InChI is InChI=1S/C17H25NO/c19-15(14-7-3-1-4-8-14)13-18-16-9-12-17(16)10-5-2-6-11-17/h1,3-4,7-8,15-16,18-19H,2,5-6,9-13H2. The van der Waals surface area contributed by atoms with Gasteiger partial charge in [0.1, 0.15) is 0 Å². The molecule has 1 spiro atoms. The van der Waals surface area contributed by atoms with E-state index in [1.165, 1.54) is 44.9 Å². The molecule has 3 rings (SSSR count). The van der Waals surface area contributed by atoms with Crippen LogP contribution in [0.1, 0.15) is 56.6 Å². The summed E-state index contributed by atoms with van der Waals surface area (Å²) in [4.78, 5) is 0. The number of rotatable bonds is 4. The lowest BCUT2D eigenvalue weighted by Crippen LogP contribution is -2.55. The second kappa shape index (κ2) is 5.64. The second-order valence-corrected chi connectivity index (χ2v) is 6.35. The zero-order valence-electron chi connectivity index (χ0n) is 11.6. The van der Waals surface area contributed by atoms with Crippen LogP contribution in [0.3, 0.4) is 0 Å². The predicted molar refractivity (Wildman–Crippen MR) is 77.9 cm³/mol. The molecule has 0 saturated heterocycles. The van der Waals surface area contributed by atoms with Crippen molar-refractivity contribution < 1.29 is 5.11 Å². The minimum Gasteiger partial charge on any atom is -0.387 e. The lowest BCUT2D eigenvalue weighted by Gasteiger charge is -2.52. The maximum absolute atomic E-state index is 10.2. The van der Waals surface area contributed by atoms with E-state index in [0.29, 0.717) is 18.0 Å². The van der Waals surface area contributed by atoms with Gasteiger partial charge in [0.15, 0.2) is 0 Å². The van der Waals surface area contributed by atoms with Crippen LogP contribution in [0.15, 0.2) is 30.3 Å². The molecule has 2 nitrogen and oxygen atoms in total. The Morgan fingerprint density at radius 3 is 2.47 bits per heavy atom. The summed E-state index contributed by atoms with van der Waals surface area (Å²) < 4.78 is 0. The van der Waals surface area contributed by atoms with Gasteiger partial charge in [-0.1, -0.05) is 49.6 Å². The highest BCUT2D eigenvalue weighted by Crippen LogP contribution is 2.51. The van der Waals surface area contributed by atoms with E-state index in [1.807, 2.05) is 30.3 Å². The number of aliphatic hydroxyl groups excluding tert-OH is 1. The van der Waals surface area contributed by atoms with Crippen LogP contribution in [0.5, 0.6) is 0 Å². The molecule has 2 saturated carbocycles. The van der Waals surface area contributed by atoms with E-state index >= 15 is 0 Å². The highest BCUT2D eigenvalue weighted by Gasteiger charge is 2.46. The Morgan fingerprint density at radius 1 is 1.11 bits per heavy atom. The normalized spacial score (nSPS) is 26.9. The molecule has 2 fully saturated rings. The number of hydrogen-bond donors (Lipinski definition) is 2. The van der Waals surface area contributed by atoms with Gasteiger partial charge in [0.05, 0.1) is 6.10 Å². The Bertz CT molecular complexity index is 397. The largest absolute Gasteiger partial charge is 0.387 e. The first-order valence-corrected chi connectivity index (χ1v) is 7.77. The van der Waals surface area contributed by atoms with Gasteiger partial charge in [-0.25, -0.2) is 0 Å². The lowest BCUT2D eigenvalue weighted by molar-refractivity contribution is 0.0156. The van der Waals surface area contributed by atoms with Gasteiger partial charge in [-0.05, 0) is 36.7 Å². The Hall–Kier alpha value is -0.860. The van der Waals surface area contributed by atoms with Crippen molar-refractivity contribution in [2.45, 2.75) is 57.1 Å². The van der Waals surface area contributed by atoms with E-state index < -0.39 is 0 Å². The molecule has 1 aromatic rings. The summed E-state index contributed by atoms with van der Waals surface area (Å²) in [5.41, 5.74) is 1.60. The summed E-state index contributed by atoms with van der Waals surface area (Å²) in [6, 6.07) is 10.6. The average molecular weight is 259 g/mol. The quantitative estimate of drug-likeness (QED) is 0.868. The van der Waals surface area contributed by atoms with Crippen molar-refractivity contribution in [3.05, 3.63) is 35.9 Å². The Balaban J connectivity index is 1.52. The highest BCUT2D eigenvalue weighted by molar-refractivity contribution is 5.17. The predicted octanol–water partition coefficient (Wildman–Crippen LogP) is 3.42. The molecular formula is C17H25NO. The zero-order valence-corrected chi connectivity index (χ0v) is 11.6. The first-order chi connectivity index (χ1) is 9.30. The van der Waals surface area contributed by atoms with Crippen molar-refractivity contribution in [1.29, 1.82) is 0 Å². The van der Waals surface area contributed by atoms with Crippen LogP contribution in [0.25, 0.3) is 0 Å². The van der Waals surface area contributed by atoms with Gasteiger partial charge in [-0.3, -0.25) is 0 Å². The minimum absolute atomic E-state index is 0.373. The van der Waals surface area contributed by atoms with Gasteiger partial charge in [0, 0.05) is 12.6 Å². The number of benzene rings is 1. The molecule has 0 radical (unpaired) electrons. The monoisotopic (exact) mass is 259 g/mol. The second-order valence-electron chi connectivity index (χ2n) is 6.35. The fourth-order valence-electron chi connectivity index (χ4n) is 3.92. The fourth-order valence-corrected chi connectivity index (χ4v) is 3.92. The fraction of sp³-hybridized carbons (Fsp3) is 0.647. The van der Waals surface area contributed by atoms with Crippen LogP contribution >= 0.6 is 0 Å². The van der Waals surface area contributed by atoms with E-state index in [0.717, 1.165) is 5.56 Å². The van der Waals surface area contributed by atoms with E-state index in [2.05, 4.69) is 5.32 Å². The summed E-state index contributed by atoms with van der Waals surface area (Å²) in [7, 11) is 0. The van der Waals surface area contributed by atoms with Gasteiger partial charge < -0.3 is 10.4 Å². The summed E-state index contributed by atoms with van der Waals surface area (Å²) >= 11 is 0. The van der Waals surface area contributed by atoms with Gasteiger partial charge in [0.25, 0.3) is 0 Å². The Kier molecular flexibility index (Phi) is 3.90. The van der Waals surface area contributed by atoms with Crippen LogP contribution in [0, 0.1) is 5.41 Å². The van der Waals surface area contributed by atoms with Crippen LogP contribution in [0.4, 0.5) is 0 Å². The topological polar surface area (TPSA) is 32.3 Å². The first-order valence-electron chi connectivity index (χ1n) is 7.77. The van der Waals surface area contributed by atoms with Crippen LogP contribution < -0.4 is 5.32 Å². The van der Waals surface area contributed by atoms with Crippen molar-refractivity contribution in [3.63, 3.8) is 0 Å². The number of nitrogens with one attached hydrogen (secondary N) is 1. The van der Waals surface area contributed by atoms with Crippen LogP contribution in [-0.2, 0) is 0 Å². The molecule has 0 aliphatic heterocycles. The Labute approximate surface area is 116 Å². The molecule has 2 unspecified atom stereocenters. The summed E-state index contributed by atoms with van der Waals surface area (Å²) in [6.45, 7) is 0.691. The van der Waals surface area contributed by atoms with Gasteiger partial charge in [0.2, 0.25) is 0 Å². The molecule has 0 aromatic heterocycles. The van der Waals surface area contributed by atoms with Crippen molar-refractivity contribution in [3.8, 4) is 0 Å². The number of aliphatic hydroxyl groups is 1.